The van der Waals surface area contributed by atoms with Gasteiger partial charge in [-0.2, -0.15) is 0 Å². The highest BCUT2D eigenvalue weighted by atomic mass is 16.6. The molecule has 0 aromatic carbocycles. The monoisotopic (exact) mass is 367 g/mol. The zero-order valence-corrected chi connectivity index (χ0v) is 16.0. The Bertz CT molecular complexity index is 602. The second-order valence-electron chi connectivity index (χ2n) is 7.24. The van der Waals surface area contributed by atoms with Gasteiger partial charge in [0, 0.05) is 32.1 Å². The normalized spacial score (nSPS) is 16.0. The lowest BCUT2D eigenvalue weighted by Crippen LogP contribution is -2.38. The van der Waals surface area contributed by atoms with Crippen LogP contribution in [-0.2, 0) is 9.53 Å². The third-order valence-corrected chi connectivity index (χ3v) is 3.93. The van der Waals surface area contributed by atoms with Crippen LogP contribution in [-0.4, -0.2) is 71.3 Å². The minimum atomic E-state index is -0.280. The Morgan fingerprint density at radius 1 is 1.15 bits per heavy atom. The molecule has 0 spiro atoms. The summed E-state index contributed by atoms with van der Waals surface area (Å²) in [5.74, 6) is 0.706. The van der Waals surface area contributed by atoms with Gasteiger partial charge in [0.2, 0.25) is 11.8 Å². The quantitative estimate of drug-likeness (QED) is 0.820. The maximum absolute atomic E-state index is 12.2. The summed E-state index contributed by atoms with van der Waals surface area (Å²) in [7, 11) is 0. The molecule has 2 rings (SSSR count). The number of hydrogen-bond acceptors (Lipinski definition) is 7. The number of nitrogens with one attached hydrogen (secondary N) is 1. The summed E-state index contributed by atoms with van der Waals surface area (Å²) in [4.78, 5) is 27.9. The highest BCUT2D eigenvalue weighted by Gasteiger charge is 2.22. The number of ether oxygens (including phenoxy) is 1. The molecule has 1 saturated heterocycles. The highest BCUT2D eigenvalue weighted by Crippen LogP contribution is 2.14. The molecule has 1 aliphatic heterocycles. The molecule has 0 atom stereocenters. The number of carbonyl (C=O) groups excluding carboxylic acids is 2. The van der Waals surface area contributed by atoms with E-state index in [0.717, 1.165) is 13.0 Å². The van der Waals surface area contributed by atoms with Crippen LogP contribution < -0.4 is 5.32 Å². The topological polar surface area (TPSA) is 101 Å². The molecular weight excluding hydrogens is 338 g/mol. The van der Waals surface area contributed by atoms with Gasteiger partial charge in [-0.25, -0.2) is 4.79 Å². The molecule has 1 aromatic rings. The van der Waals surface area contributed by atoms with E-state index in [1.807, 2.05) is 32.6 Å². The molecular formula is C17H29N5O4. The number of aromatic nitrogens is 2. The lowest BCUT2D eigenvalue weighted by atomic mass is 10.2. The fourth-order valence-corrected chi connectivity index (χ4v) is 2.52. The van der Waals surface area contributed by atoms with Crippen LogP contribution in [0, 0.1) is 5.92 Å². The lowest BCUT2D eigenvalue weighted by molar-refractivity contribution is -0.117. The Kier molecular flexibility index (Phi) is 7.38. The van der Waals surface area contributed by atoms with Gasteiger partial charge in [0.15, 0.2) is 0 Å². The molecule has 9 heteroatoms. The van der Waals surface area contributed by atoms with Crippen LogP contribution in [0.25, 0.3) is 0 Å². The minimum Gasteiger partial charge on any atom is -0.449 e. The van der Waals surface area contributed by atoms with Crippen molar-refractivity contribution in [3.8, 4) is 0 Å². The molecule has 26 heavy (non-hydrogen) atoms. The van der Waals surface area contributed by atoms with Gasteiger partial charge in [-0.1, -0.05) is 32.8 Å². The van der Waals surface area contributed by atoms with Gasteiger partial charge >= 0.3 is 12.1 Å². The van der Waals surface area contributed by atoms with E-state index in [1.54, 1.807) is 4.90 Å². The minimum absolute atomic E-state index is 0.111. The van der Waals surface area contributed by atoms with Crippen LogP contribution in [0.1, 0.15) is 45.9 Å². The SMILES string of the molecule is CC(C)COC(=O)N1CCCN(CC(=O)Nc2nnc(C(C)C)o2)CC1. The Morgan fingerprint density at radius 2 is 1.92 bits per heavy atom. The Morgan fingerprint density at radius 3 is 2.58 bits per heavy atom. The van der Waals surface area contributed by atoms with Crippen molar-refractivity contribution < 1.29 is 18.7 Å². The molecule has 0 radical (unpaired) electrons. The molecule has 9 nitrogen and oxygen atoms in total. The van der Waals surface area contributed by atoms with Gasteiger partial charge in [0.05, 0.1) is 13.2 Å². The van der Waals surface area contributed by atoms with E-state index in [9.17, 15) is 9.59 Å². The number of amides is 2. The van der Waals surface area contributed by atoms with E-state index in [1.165, 1.54) is 0 Å². The first-order chi connectivity index (χ1) is 12.3. The van der Waals surface area contributed by atoms with Crippen molar-refractivity contribution in [2.75, 3.05) is 44.6 Å². The van der Waals surface area contributed by atoms with E-state index in [0.29, 0.717) is 38.0 Å². The number of carbonyl (C=O) groups is 2. The van der Waals surface area contributed by atoms with E-state index >= 15 is 0 Å². The van der Waals surface area contributed by atoms with Crippen LogP contribution in [0.15, 0.2) is 4.42 Å². The van der Waals surface area contributed by atoms with Gasteiger partial charge in [-0.05, 0) is 12.3 Å². The summed E-state index contributed by atoms with van der Waals surface area (Å²) < 4.78 is 10.7. The predicted molar refractivity (Wildman–Crippen MR) is 95.8 cm³/mol. The lowest BCUT2D eigenvalue weighted by Gasteiger charge is -2.21. The van der Waals surface area contributed by atoms with Crippen molar-refractivity contribution in [3.05, 3.63) is 5.89 Å². The molecule has 1 N–H and O–H groups in total. The first-order valence-electron chi connectivity index (χ1n) is 9.12. The zero-order chi connectivity index (χ0) is 19.1. The average Bonchev–Trinajstić information content (AvgIpc) is 2.91. The van der Waals surface area contributed by atoms with E-state index in [4.69, 9.17) is 9.15 Å². The van der Waals surface area contributed by atoms with Crippen molar-refractivity contribution in [3.63, 3.8) is 0 Å². The Balaban J connectivity index is 1.77. The van der Waals surface area contributed by atoms with Crippen molar-refractivity contribution in [1.29, 1.82) is 0 Å². The third-order valence-electron chi connectivity index (χ3n) is 3.93. The van der Waals surface area contributed by atoms with Crippen molar-refractivity contribution in [2.45, 2.75) is 40.0 Å². The number of rotatable bonds is 6. The Labute approximate surface area is 154 Å². The van der Waals surface area contributed by atoms with Crippen LogP contribution in [0.2, 0.25) is 0 Å². The van der Waals surface area contributed by atoms with Crippen LogP contribution in [0.3, 0.4) is 0 Å². The first kappa shape index (κ1) is 20.2. The van der Waals surface area contributed by atoms with Gasteiger partial charge in [0.1, 0.15) is 0 Å². The molecule has 1 fully saturated rings. The molecule has 0 bridgehead atoms. The van der Waals surface area contributed by atoms with Crippen molar-refractivity contribution in [1.82, 2.24) is 20.0 Å². The van der Waals surface area contributed by atoms with Crippen molar-refractivity contribution in [2.24, 2.45) is 5.92 Å². The molecule has 1 aromatic heterocycles. The maximum Gasteiger partial charge on any atom is 0.409 e. The summed E-state index contributed by atoms with van der Waals surface area (Å²) in [6.07, 6.45) is 0.513. The average molecular weight is 367 g/mol. The van der Waals surface area contributed by atoms with Crippen LogP contribution >= 0.6 is 0 Å². The second kappa shape index (κ2) is 9.51. The smallest absolute Gasteiger partial charge is 0.409 e. The third kappa shape index (κ3) is 6.29. The first-order valence-corrected chi connectivity index (χ1v) is 9.12. The molecule has 2 amide bonds. The molecule has 1 aliphatic rings. The van der Waals surface area contributed by atoms with Crippen LogP contribution in [0.5, 0.6) is 0 Å². The predicted octanol–water partition coefficient (Wildman–Crippen LogP) is 1.93. The number of hydrogen-bond donors (Lipinski definition) is 1. The van der Waals surface area contributed by atoms with Crippen molar-refractivity contribution >= 4 is 18.0 Å². The standard InChI is InChI=1S/C17H29N5O4/c1-12(2)11-25-17(24)22-7-5-6-21(8-9-22)10-14(23)18-16-20-19-15(26-16)13(3)4/h12-13H,5-11H2,1-4H3,(H,18,20,23). The number of anilines is 1. The summed E-state index contributed by atoms with van der Waals surface area (Å²) in [6, 6.07) is 0.118. The fourth-order valence-electron chi connectivity index (χ4n) is 2.52. The highest BCUT2D eigenvalue weighted by molar-refractivity contribution is 5.90. The summed E-state index contributed by atoms with van der Waals surface area (Å²) >= 11 is 0. The molecule has 0 saturated carbocycles. The summed E-state index contributed by atoms with van der Waals surface area (Å²) in [5.41, 5.74) is 0. The molecule has 0 unspecified atom stereocenters. The Hall–Kier alpha value is -2.16. The van der Waals surface area contributed by atoms with E-state index < -0.39 is 0 Å². The summed E-state index contributed by atoms with van der Waals surface area (Å²) in [6.45, 7) is 11.1. The van der Waals surface area contributed by atoms with Gasteiger partial charge in [0.25, 0.3) is 0 Å². The molecule has 0 aliphatic carbocycles. The largest absolute Gasteiger partial charge is 0.449 e. The van der Waals surface area contributed by atoms with Gasteiger partial charge in [-0.3, -0.25) is 15.0 Å². The summed E-state index contributed by atoms with van der Waals surface area (Å²) in [5, 5.41) is 10.3. The fraction of sp³-hybridized carbons (Fsp3) is 0.765. The van der Waals surface area contributed by atoms with Crippen LogP contribution in [0.4, 0.5) is 10.8 Å². The zero-order valence-electron chi connectivity index (χ0n) is 16.0. The second-order valence-corrected chi connectivity index (χ2v) is 7.24. The van der Waals surface area contributed by atoms with Gasteiger partial charge in [-0.15, -0.1) is 5.10 Å². The van der Waals surface area contributed by atoms with E-state index in [-0.39, 0.29) is 30.5 Å². The van der Waals surface area contributed by atoms with Gasteiger partial charge < -0.3 is 14.1 Å². The molecule has 146 valence electrons. The number of nitrogens with zero attached hydrogens (tertiary/aromatic N) is 4. The molecule has 2 heterocycles. The van der Waals surface area contributed by atoms with E-state index in [2.05, 4.69) is 15.5 Å². The maximum atomic E-state index is 12.2.